The van der Waals surface area contributed by atoms with Crippen molar-refractivity contribution in [2.24, 2.45) is 5.73 Å². The van der Waals surface area contributed by atoms with Gasteiger partial charge in [-0.25, -0.2) is 0 Å². The van der Waals surface area contributed by atoms with Crippen molar-refractivity contribution in [3.63, 3.8) is 0 Å². The topological polar surface area (TPSA) is 38.5 Å². The van der Waals surface area contributed by atoms with Gasteiger partial charge < -0.3 is 15.4 Å². The molecule has 0 saturated carbocycles. The Labute approximate surface area is 74.9 Å². The van der Waals surface area contributed by atoms with Gasteiger partial charge in [-0.2, -0.15) is 0 Å². The Hall–Kier alpha value is -0.120. The summed E-state index contributed by atoms with van der Waals surface area (Å²) < 4.78 is 5.64. The van der Waals surface area contributed by atoms with Gasteiger partial charge in [0.25, 0.3) is 0 Å². The minimum atomic E-state index is 0.171. The van der Waals surface area contributed by atoms with E-state index >= 15 is 0 Å². The largest absolute Gasteiger partial charge is 0.377 e. The van der Waals surface area contributed by atoms with E-state index < -0.39 is 0 Å². The molecule has 0 aromatic rings. The van der Waals surface area contributed by atoms with Crippen molar-refractivity contribution in [1.82, 2.24) is 4.90 Å². The van der Waals surface area contributed by atoms with Crippen molar-refractivity contribution in [1.29, 1.82) is 0 Å². The fourth-order valence-electron chi connectivity index (χ4n) is 1.44. The van der Waals surface area contributed by atoms with E-state index in [2.05, 4.69) is 11.9 Å². The zero-order chi connectivity index (χ0) is 8.97. The minimum Gasteiger partial charge on any atom is -0.377 e. The molecule has 1 fully saturated rings. The molecule has 1 atom stereocenters. The normalized spacial score (nSPS) is 24.2. The van der Waals surface area contributed by atoms with Crippen LogP contribution in [0.5, 0.6) is 0 Å². The van der Waals surface area contributed by atoms with Gasteiger partial charge in [0.2, 0.25) is 0 Å². The summed E-state index contributed by atoms with van der Waals surface area (Å²) in [5.74, 6) is 0. The highest BCUT2D eigenvalue weighted by Gasteiger charge is 2.16. The van der Waals surface area contributed by atoms with E-state index in [1.807, 2.05) is 6.92 Å². The van der Waals surface area contributed by atoms with Crippen molar-refractivity contribution in [2.75, 3.05) is 26.7 Å². The zero-order valence-corrected chi connectivity index (χ0v) is 8.12. The first-order chi connectivity index (χ1) is 5.68. The molecule has 1 saturated heterocycles. The fourth-order valence-corrected chi connectivity index (χ4v) is 1.44. The van der Waals surface area contributed by atoms with E-state index in [-0.39, 0.29) is 6.04 Å². The molecule has 1 rings (SSSR count). The second-order valence-corrected chi connectivity index (χ2v) is 3.81. The standard InChI is InChI=1S/C9H20N2O/c1-8(10)7-12-9-3-5-11(2)6-4-9/h8-9H,3-7,10H2,1-2H3. The Bertz CT molecular complexity index is 120. The molecule has 3 nitrogen and oxygen atoms in total. The van der Waals surface area contributed by atoms with E-state index in [0.29, 0.717) is 12.7 Å². The van der Waals surface area contributed by atoms with E-state index in [4.69, 9.17) is 10.5 Å². The van der Waals surface area contributed by atoms with Crippen molar-refractivity contribution >= 4 is 0 Å². The van der Waals surface area contributed by atoms with Crippen LogP contribution in [-0.2, 0) is 4.74 Å². The van der Waals surface area contributed by atoms with Gasteiger partial charge in [-0.1, -0.05) is 0 Å². The predicted octanol–water partition coefficient (Wildman–Crippen LogP) is 0.444. The smallest absolute Gasteiger partial charge is 0.0618 e. The number of nitrogens with two attached hydrogens (primary N) is 1. The Kier molecular flexibility index (Phi) is 3.98. The summed E-state index contributed by atoms with van der Waals surface area (Å²) in [6.07, 6.45) is 2.76. The number of piperidine rings is 1. The summed E-state index contributed by atoms with van der Waals surface area (Å²) in [6.45, 7) is 5.00. The van der Waals surface area contributed by atoms with Crippen LogP contribution in [0.15, 0.2) is 0 Å². The van der Waals surface area contributed by atoms with Gasteiger partial charge >= 0.3 is 0 Å². The third kappa shape index (κ3) is 3.52. The van der Waals surface area contributed by atoms with E-state index in [0.717, 1.165) is 25.9 Å². The van der Waals surface area contributed by atoms with Gasteiger partial charge in [0.1, 0.15) is 0 Å². The maximum atomic E-state index is 5.64. The summed E-state index contributed by atoms with van der Waals surface area (Å²) in [7, 11) is 2.15. The van der Waals surface area contributed by atoms with Crippen LogP contribution >= 0.6 is 0 Å². The van der Waals surface area contributed by atoms with Gasteiger partial charge in [-0.05, 0) is 26.8 Å². The highest BCUT2D eigenvalue weighted by Crippen LogP contribution is 2.11. The molecule has 0 aromatic heterocycles. The molecular weight excluding hydrogens is 152 g/mol. The number of ether oxygens (including phenoxy) is 1. The molecule has 1 heterocycles. The highest BCUT2D eigenvalue weighted by molar-refractivity contribution is 4.70. The number of hydrogen-bond acceptors (Lipinski definition) is 3. The Morgan fingerprint density at radius 2 is 2.08 bits per heavy atom. The van der Waals surface area contributed by atoms with Crippen molar-refractivity contribution in [3.8, 4) is 0 Å². The summed E-state index contributed by atoms with van der Waals surface area (Å²) in [5, 5.41) is 0. The van der Waals surface area contributed by atoms with Crippen LogP contribution in [-0.4, -0.2) is 43.8 Å². The van der Waals surface area contributed by atoms with Crippen LogP contribution in [0.2, 0.25) is 0 Å². The Morgan fingerprint density at radius 1 is 1.50 bits per heavy atom. The summed E-state index contributed by atoms with van der Waals surface area (Å²) >= 11 is 0. The molecule has 72 valence electrons. The molecule has 1 aliphatic rings. The first kappa shape index (κ1) is 9.96. The summed E-state index contributed by atoms with van der Waals surface area (Å²) in [5.41, 5.74) is 5.60. The number of rotatable bonds is 3. The highest BCUT2D eigenvalue weighted by atomic mass is 16.5. The average molecular weight is 172 g/mol. The lowest BCUT2D eigenvalue weighted by Crippen LogP contribution is -2.36. The maximum absolute atomic E-state index is 5.64. The molecule has 1 aliphatic heterocycles. The summed E-state index contributed by atoms with van der Waals surface area (Å²) in [4.78, 5) is 2.34. The number of likely N-dealkylation sites (tertiary alicyclic amines) is 1. The van der Waals surface area contributed by atoms with Crippen LogP contribution in [0.3, 0.4) is 0 Å². The first-order valence-electron chi connectivity index (χ1n) is 4.74. The van der Waals surface area contributed by atoms with Crippen LogP contribution in [0.1, 0.15) is 19.8 Å². The molecule has 2 N–H and O–H groups in total. The zero-order valence-electron chi connectivity index (χ0n) is 8.12. The molecule has 0 aromatic carbocycles. The third-order valence-corrected chi connectivity index (χ3v) is 2.26. The molecule has 0 amide bonds. The first-order valence-corrected chi connectivity index (χ1v) is 4.74. The Morgan fingerprint density at radius 3 is 2.58 bits per heavy atom. The van der Waals surface area contributed by atoms with Crippen molar-refractivity contribution < 1.29 is 4.74 Å². The van der Waals surface area contributed by atoms with Crippen LogP contribution in [0, 0.1) is 0 Å². The summed E-state index contributed by atoms with van der Waals surface area (Å²) in [6, 6.07) is 0.171. The van der Waals surface area contributed by atoms with Gasteiger partial charge in [-0.3, -0.25) is 0 Å². The fraction of sp³-hybridized carbons (Fsp3) is 1.00. The molecule has 0 spiro atoms. The van der Waals surface area contributed by atoms with Crippen LogP contribution in [0.4, 0.5) is 0 Å². The Balaban J connectivity index is 2.09. The molecular formula is C9H20N2O. The lowest BCUT2D eigenvalue weighted by atomic mass is 10.1. The van der Waals surface area contributed by atoms with Gasteiger partial charge in [0.15, 0.2) is 0 Å². The molecule has 0 bridgehead atoms. The molecule has 0 radical (unpaired) electrons. The lowest BCUT2D eigenvalue weighted by molar-refractivity contribution is 0.00787. The van der Waals surface area contributed by atoms with E-state index in [1.165, 1.54) is 0 Å². The molecule has 0 aliphatic carbocycles. The van der Waals surface area contributed by atoms with Gasteiger partial charge in [0, 0.05) is 19.1 Å². The monoisotopic (exact) mass is 172 g/mol. The van der Waals surface area contributed by atoms with Crippen molar-refractivity contribution in [3.05, 3.63) is 0 Å². The van der Waals surface area contributed by atoms with E-state index in [9.17, 15) is 0 Å². The second kappa shape index (κ2) is 4.80. The number of nitrogens with zero attached hydrogens (tertiary/aromatic N) is 1. The van der Waals surface area contributed by atoms with E-state index in [1.54, 1.807) is 0 Å². The lowest BCUT2D eigenvalue weighted by Gasteiger charge is -2.29. The predicted molar refractivity (Wildman–Crippen MR) is 50.1 cm³/mol. The van der Waals surface area contributed by atoms with Crippen LogP contribution < -0.4 is 5.73 Å². The molecule has 1 unspecified atom stereocenters. The SMILES string of the molecule is CC(N)COC1CCN(C)CC1. The number of hydrogen-bond donors (Lipinski definition) is 1. The average Bonchev–Trinajstić information content (AvgIpc) is 2.03. The third-order valence-electron chi connectivity index (χ3n) is 2.26. The van der Waals surface area contributed by atoms with Gasteiger partial charge in [-0.15, -0.1) is 0 Å². The quantitative estimate of drug-likeness (QED) is 0.671. The van der Waals surface area contributed by atoms with Crippen molar-refractivity contribution in [2.45, 2.75) is 31.9 Å². The molecule has 12 heavy (non-hydrogen) atoms. The maximum Gasteiger partial charge on any atom is 0.0618 e. The van der Waals surface area contributed by atoms with Gasteiger partial charge in [0.05, 0.1) is 12.7 Å². The van der Waals surface area contributed by atoms with Crippen LogP contribution in [0.25, 0.3) is 0 Å². The second-order valence-electron chi connectivity index (χ2n) is 3.81. The minimum absolute atomic E-state index is 0.171. The molecule has 3 heteroatoms.